The van der Waals surface area contributed by atoms with E-state index in [1.165, 1.54) is 0 Å². The summed E-state index contributed by atoms with van der Waals surface area (Å²) in [5, 5.41) is 44.7. The molecule has 1 unspecified atom stereocenters. The van der Waals surface area contributed by atoms with E-state index in [1.54, 1.807) is 0 Å². The maximum atomic E-state index is 9.12. The fraction of sp³-hybridized carbons (Fsp3) is 1.00. The molecule has 1 aliphatic rings. The average Bonchev–Trinajstić information content (AvgIpc) is 2.08. The van der Waals surface area contributed by atoms with Gasteiger partial charge >= 0.3 is 0 Å². The van der Waals surface area contributed by atoms with Crippen molar-refractivity contribution in [2.45, 2.75) is 30.7 Å². The zero-order valence-corrected chi connectivity index (χ0v) is 6.24. The highest BCUT2D eigenvalue weighted by Crippen LogP contribution is 2.18. The smallest absolute Gasteiger partial charge is 0.184 e. The lowest BCUT2D eigenvalue weighted by atomic mass is 10.00. The zero-order chi connectivity index (χ0) is 9.30. The molecule has 0 spiro atoms. The number of rotatable bonds is 1. The Balaban J connectivity index is 2.63. The Morgan fingerprint density at radius 3 is 2.00 bits per heavy atom. The second kappa shape index (κ2) is 3.65. The number of hydrogen-bond acceptors (Lipinski definition) is 6. The van der Waals surface area contributed by atoms with Gasteiger partial charge in [-0.1, -0.05) is 0 Å². The number of ether oxygens (including phenoxy) is 1. The normalized spacial score (nSPS) is 49.2. The highest BCUT2D eigenvalue weighted by molar-refractivity contribution is 4.87. The third kappa shape index (κ3) is 1.58. The van der Waals surface area contributed by atoms with Crippen LogP contribution in [0.4, 0.5) is 0 Å². The minimum Gasteiger partial charge on any atom is -0.394 e. The lowest BCUT2D eigenvalue weighted by molar-refractivity contribution is -0.286. The van der Waals surface area contributed by atoms with Gasteiger partial charge in [-0.15, -0.1) is 0 Å². The van der Waals surface area contributed by atoms with Crippen LogP contribution in [0.5, 0.6) is 0 Å². The molecule has 1 saturated heterocycles. The molecule has 0 aromatic rings. The summed E-state index contributed by atoms with van der Waals surface area (Å²) in [5.41, 5.74) is 0. The topological polar surface area (TPSA) is 110 Å². The number of aliphatic hydroxyl groups excluding tert-OH is 5. The molecule has 5 atom stereocenters. The Morgan fingerprint density at radius 1 is 0.917 bits per heavy atom. The molecule has 0 aromatic heterocycles. The van der Waals surface area contributed by atoms with E-state index >= 15 is 0 Å². The van der Waals surface area contributed by atoms with Crippen LogP contribution in [-0.2, 0) is 4.74 Å². The third-order valence-corrected chi connectivity index (χ3v) is 1.87. The van der Waals surface area contributed by atoms with Crippen molar-refractivity contribution >= 4 is 0 Å². The minimum absolute atomic E-state index is 0.526. The summed E-state index contributed by atoms with van der Waals surface area (Å²) in [7, 11) is 0. The summed E-state index contributed by atoms with van der Waals surface area (Å²) >= 11 is 0. The van der Waals surface area contributed by atoms with Crippen LogP contribution in [0, 0.1) is 0 Å². The van der Waals surface area contributed by atoms with Crippen LogP contribution in [0.15, 0.2) is 0 Å². The first-order valence-corrected chi connectivity index (χ1v) is 3.56. The van der Waals surface area contributed by atoms with E-state index in [-0.39, 0.29) is 0 Å². The minimum atomic E-state index is -1.57. The lowest BCUT2D eigenvalue weighted by Gasteiger charge is -2.37. The van der Waals surface area contributed by atoms with Crippen molar-refractivity contribution in [1.82, 2.24) is 0 Å². The Morgan fingerprint density at radius 2 is 1.50 bits per heavy atom. The maximum absolute atomic E-state index is 9.12. The standard InChI is InChI=1S/C6H12O6/c7-1-2-3(8)4(9)5(10)6(11)12-2/h2-11H,1H2/t2-,3+,4?,5-,6-/m1/s1. The first-order valence-electron chi connectivity index (χ1n) is 3.56. The van der Waals surface area contributed by atoms with E-state index in [2.05, 4.69) is 4.74 Å². The molecular formula is C6H12O6. The molecule has 1 aliphatic heterocycles. The van der Waals surface area contributed by atoms with Crippen molar-refractivity contribution in [1.29, 1.82) is 0 Å². The van der Waals surface area contributed by atoms with Gasteiger partial charge in [0.1, 0.15) is 24.4 Å². The molecular weight excluding hydrogens is 168 g/mol. The summed E-state index contributed by atoms with van der Waals surface area (Å²) in [5.74, 6) is 0. The fourth-order valence-corrected chi connectivity index (χ4v) is 1.08. The van der Waals surface area contributed by atoms with E-state index in [0.717, 1.165) is 0 Å². The molecule has 1 rings (SSSR count). The van der Waals surface area contributed by atoms with Crippen molar-refractivity contribution in [3.63, 3.8) is 0 Å². The summed E-state index contributed by atoms with van der Waals surface area (Å²) < 4.78 is 4.58. The van der Waals surface area contributed by atoms with Gasteiger partial charge in [0.05, 0.1) is 6.61 Å². The molecule has 6 nitrogen and oxygen atoms in total. The molecule has 0 radical (unpaired) electrons. The van der Waals surface area contributed by atoms with Crippen molar-refractivity contribution < 1.29 is 30.3 Å². The van der Waals surface area contributed by atoms with Gasteiger partial charge in [0.2, 0.25) is 0 Å². The molecule has 72 valence electrons. The number of hydrogen-bond donors (Lipinski definition) is 5. The molecule has 0 aromatic carbocycles. The highest BCUT2D eigenvalue weighted by atomic mass is 16.6. The molecule has 0 amide bonds. The van der Waals surface area contributed by atoms with Gasteiger partial charge in [0, 0.05) is 0 Å². The van der Waals surface area contributed by atoms with Crippen LogP contribution >= 0.6 is 0 Å². The average molecular weight is 180 g/mol. The molecule has 12 heavy (non-hydrogen) atoms. The van der Waals surface area contributed by atoms with E-state index in [1.807, 2.05) is 0 Å². The largest absolute Gasteiger partial charge is 0.394 e. The van der Waals surface area contributed by atoms with E-state index in [0.29, 0.717) is 0 Å². The first-order chi connectivity index (χ1) is 5.57. The summed E-state index contributed by atoms with van der Waals surface area (Å²) in [4.78, 5) is 0. The lowest BCUT2D eigenvalue weighted by Crippen LogP contribution is -2.58. The summed E-state index contributed by atoms with van der Waals surface area (Å²) in [6.45, 7) is -0.526. The second-order valence-electron chi connectivity index (χ2n) is 2.72. The Labute approximate surface area is 68.6 Å². The van der Waals surface area contributed by atoms with Crippen LogP contribution < -0.4 is 0 Å². The van der Waals surface area contributed by atoms with Gasteiger partial charge < -0.3 is 30.3 Å². The highest BCUT2D eigenvalue weighted by Gasteiger charge is 2.42. The van der Waals surface area contributed by atoms with Crippen LogP contribution in [0.2, 0.25) is 0 Å². The molecule has 1 fully saturated rings. The molecule has 0 bridgehead atoms. The predicted molar refractivity (Wildman–Crippen MR) is 36.0 cm³/mol. The van der Waals surface area contributed by atoms with Gasteiger partial charge in [-0.2, -0.15) is 0 Å². The van der Waals surface area contributed by atoms with Crippen LogP contribution in [0.25, 0.3) is 0 Å². The molecule has 6 heteroatoms. The first kappa shape index (κ1) is 9.85. The Bertz CT molecular complexity index is 146. The number of aliphatic hydroxyl groups is 5. The summed E-state index contributed by atoms with van der Waals surface area (Å²) in [6, 6.07) is 0. The van der Waals surface area contributed by atoms with Crippen LogP contribution in [0.3, 0.4) is 0 Å². The van der Waals surface area contributed by atoms with E-state index in [9.17, 15) is 0 Å². The van der Waals surface area contributed by atoms with Gasteiger partial charge in [-0.05, 0) is 0 Å². The third-order valence-electron chi connectivity index (χ3n) is 1.87. The zero-order valence-electron chi connectivity index (χ0n) is 6.24. The van der Waals surface area contributed by atoms with Crippen molar-refractivity contribution in [2.75, 3.05) is 6.61 Å². The quantitative estimate of drug-likeness (QED) is 0.290. The summed E-state index contributed by atoms with van der Waals surface area (Å²) in [6.07, 6.45) is -7.04. The molecule has 5 N–H and O–H groups in total. The predicted octanol–water partition coefficient (Wildman–Crippen LogP) is -3.22. The Hall–Kier alpha value is -0.240. The second-order valence-corrected chi connectivity index (χ2v) is 2.72. The van der Waals surface area contributed by atoms with Crippen molar-refractivity contribution in [3.05, 3.63) is 0 Å². The van der Waals surface area contributed by atoms with Gasteiger partial charge in [-0.3, -0.25) is 0 Å². The van der Waals surface area contributed by atoms with Gasteiger partial charge in [-0.25, -0.2) is 0 Å². The SMILES string of the molecule is OC[C@H]1O[C@@H](O)[C@H](O)C(O)[C@H]1O. The van der Waals surface area contributed by atoms with Crippen molar-refractivity contribution in [2.24, 2.45) is 0 Å². The van der Waals surface area contributed by atoms with E-state index < -0.39 is 37.3 Å². The van der Waals surface area contributed by atoms with Crippen molar-refractivity contribution in [3.8, 4) is 0 Å². The van der Waals surface area contributed by atoms with Crippen LogP contribution in [-0.4, -0.2) is 62.8 Å². The molecule has 0 saturated carbocycles. The van der Waals surface area contributed by atoms with E-state index in [4.69, 9.17) is 25.5 Å². The van der Waals surface area contributed by atoms with Crippen LogP contribution in [0.1, 0.15) is 0 Å². The molecule has 0 aliphatic carbocycles. The maximum Gasteiger partial charge on any atom is 0.184 e. The molecule has 1 heterocycles. The Kier molecular flexibility index (Phi) is 2.99. The fourth-order valence-electron chi connectivity index (χ4n) is 1.08. The van der Waals surface area contributed by atoms with Gasteiger partial charge in [0.15, 0.2) is 6.29 Å². The van der Waals surface area contributed by atoms with Gasteiger partial charge in [0.25, 0.3) is 0 Å². The monoisotopic (exact) mass is 180 g/mol.